The van der Waals surface area contributed by atoms with Gasteiger partial charge in [-0.05, 0) is 24.6 Å². The Balaban J connectivity index is 2.13. The van der Waals surface area contributed by atoms with E-state index in [2.05, 4.69) is 21.2 Å². The molecule has 1 aliphatic heterocycles. The molecule has 0 amide bonds. The number of rotatable bonds is 2. The third-order valence-electron chi connectivity index (χ3n) is 2.66. The lowest BCUT2D eigenvalue weighted by molar-refractivity contribution is 0.125. The van der Waals surface area contributed by atoms with E-state index < -0.39 is 6.10 Å². The third kappa shape index (κ3) is 2.33. The van der Waals surface area contributed by atoms with Gasteiger partial charge in [-0.15, -0.1) is 0 Å². The molecular formula is C11H14BrNO2. The number of hydrogen-bond acceptors (Lipinski definition) is 3. The summed E-state index contributed by atoms with van der Waals surface area (Å²) in [4.78, 5) is 0. The van der Waals surface area contributed by atoms with E-state index in [9.17, 15) is 5.11 Å². The van der Waals surface area contributed by atoms with E-state index in [0.29, 0.717) is 13.2 Å². The topological polar surface area (TPSA) is 41.5 Å². The summed E-state index contributed by atoms with van der Waals surface area (Å²) in [5.41, 5.74) is 2.19. The lowest BCUT2D eigenvalue weighted by Crippen LogP contribution is -2.32. The zero-order valence-electron chi connectivity index (χ0n) is 8.53. The molecule has 2 unspecified atom stereocenters. The predicted octanol–water partition coefficient (Wildman–Crippen LogP) is 1.93. The van der Waals surface area contributed by atoms with Crippen molar-refractivity contribution in [1.82, 2.24) is 0 Å². The van der Waals surface area contributed by atoms with Crippen LogP contribution in [-0.4, -0.2) is 30.5 Å². The SMILES string of the molecule is Cc1c(Br)cccc1NC1COCC1O. The van der Waals surface area contributed by atoms with Crippen molar-refractivity contribution in [1.29, 1.82) is 0 Å². The van der Waals surface area contributed by atoms with Crippen molar-refractivity contribution in [2.45, 2.75) is 19.1 Å². The van der Waals surface area contributed by atoms with Crippen LogP contribution in [0.3, 0.4) is 0 Å². The van der Waals surface area contributed by atoms with Crippen LogP contribution in [0, 0.1) is 6.92 Å². The lowest BCUT2D eigenvalue weighted by atomic mass is 10.1. The first-order valence-electron chi connectivity index (χ1n) is 4.96. The largest absolute Gasteiger partial charge is 0.388 e. The molecule has 0 aromatic heterocycles. The van der Waals surface area contributed by atoms with Crippen LogP contribution >= 0.6 is 15.9 Å². The number of aliphatic hydroxyl groups excluding tert-OH is 1. The Morgan fingerprint density at radius 1 is 1.47 bits per heavy atom. The summed E-state index contributed by atoms with van der Waals surface area (Å²) >= 11 is 3.48. The van der Waals surface area contributed by atoms with Gasteiger partial charge in [-0.1, -0.05) is 22.0 Å². The second-order valence-electron chi connectivity index (χ2n) is 3.77. The molecule has 0 saturated carbocycles. The number of nitrogens with one attached hydrogen (secondary N) is 1. The first kappa shape index (κ1) is 10.9. The van der Waals surface area contributed by atoms with Crippen LogP contribution in [0.5, 0.6) is 0 Å². The van der Waals surface area contributed by atoms with E-state index in [0.717, 1.165) is 15.7 Å². The van der Waals surface area contributed by atoms with Crippen LogP contribution in [0.25, 0.3) is 0 Å². The Hall–Kier alpha value is -0.580. The normalized spacial score (nSPS) is 25.5. The first-order valence-corrected chi connectivity index (χ1v) is 5.75. The standard InChI is InChI=1S/C11H14BrNO2/c1-7-8(12)3-2-4-9(7)13-10-5-15-6-11(10)14/h2-4,10-11,13-14H,5-6H2,1H3. The lowest BCUT2D eigenvalue weighted by Gasteiger charge is -2.18. The molecule has 82 valence electrons. The first-order chi connectivity index (χ1) is 7.18. The summed E-state index contributed by atoms with van der Waals surface area (Å²) in [6, 6.07) is 5.98. The summed E-state index contributed by atoms with van der Waals surface area (Å²) < 4.78 is 6.26. The number of halogens is 1. The summed E-state index contributed by atoms with van der Waals surface area (Å²) in [5.74, 6) is 0. The van der Waals surface area contributed by atoms with Crippen molar-refractivity contribution in [3.05, 3.63) is 28.2 Å². The number of hydrogen-bond donors (Lipinski definition) is 2. The van der Waals surface area contributed by atoms with Gasteiger partial charge < -0.3 is 15.2 Å². The van der Waals surface area contributed by atoms with Gasteiger partial charge in [-0.2, -0.15) is 0 Å². The fourth-order valence-electron chi connectivity index (χ4n) is 1.64. The summed E-state index contributed by atoms with van der Waals surface area (Å²) in [6.07, 6.45) is -0.414. The van der Waals surface area contributed by atoms with Gasteiger partial charge >= 0.3 is 0 Å². The van der Waals surface area contributed by atoms with Crippen LogP contribution in [0.1, 0.15) is 5.56 Å². The summed E-state index contributed by atoms with van der Waals surface area (Å²) in [7, 11) is 0. The molecule has 2 N–H and O–H groups in total. The highest BCUT2D eigenvalue weighted by Crippen LogP contribution is 2.25. The van der Waals surface area contributed by atoms with Crippen molar-refractivity contribution < 1.29 is 9.84 Å². The average Bonchev–Trinajstić information content (AvgIpc) is 2.60. The fourth-order valence-corrected chi connectivity index (χ4v) is 2.01. The molecule has 1 aromatic rings. The second kappa shape index (κ2) is 4.51. The predicted molar refractivity (Wildman–Crippen MR) is 63.1 cm³/mol. The Labute approximate surface area is 97.6 Å². The van der Waals surface area contributed by atoms with Crippen LogP contribution < -0.4 is 5.32 Å². The fraction of sp³-hybridized carbons (Fsp3) is 0.455. The minimum atomic E-state index is -0.414. The Morgan fingerprint density at radius 3 is 2.93 bits per heavy atom. The monoisotopic (exact) mass is 271 g/mol. The number of aliphatic hydroxyl groups is 1. The smallest absolute Gasteiger partial charge is 0.0996 e. The van der Waals surface area contributed by atoms with Gasteiger partial charge in [0, 0.05) is 10.2 Å². The summed E-state index contributed by atoms with van der Waals surface area (Å²) in [5, 5.41) is 12.9. The molecule has 1 heterocycles. The van der Waals surface area contributed by atoms with Crippen LogP contribution in [-0.2, 0) is 4.74 Å². The maximum Gasteiger partial charge on any atom is 0.0996 e. The molecule has 1 fully saturated rings. The number of benzene rings is 1. The van der Waals surface area contributed by atoms with E-state index in [1.165, 1.54) is 0 Å². The number of anilines is 1. The molecule has 0 spiro atoms. The van der Waals surface area contributed by atoms with Crippen molar-refractivity contribution in [2.24, 2.45) is 0 Å². The van der Waals surface area contributed by atoms with Gasteiger partial charge in [0.25, 0.3) is 0 Å². The van der Waals surface area contributed by atoms with Crippen molar-refractivity contribution in [3.8, 4) is 0 Å². The molecule has 0 aliphatic carbocycles. The highest BCUT2D eigenvalue weighted by atomic mass is 79.9. The Bertz CT molecular complexity index is 356. The van der Waals surface area contributed by atoms with Gasteiger partial charge in [-0.3, -0.25) is 0 Å². The molecule has 1 aliphatic rings. The number of ether oxygens (including phenoxy) is 1. The van der Waals surface area contributed by atoms with Crippen LogP contribution in [0.2, 0.25) is 0 Å². The van der Waals surface area contributed by atoms with Gasteiger partial charge in [0.15, 0.2) is 0 Å². The molecular weight excluding hydrogens is 258 g/mol. The van der Waals surface area contributed by atoms with E-state index >= 15 is 0 Å². The van der Waals surface area contributed by atoms with Crippen molar-refractivity contribution >= 4 is 21.6 Å². The van der Waals surface area contributed by atoms with Gasteiger partial charge in [0.1, 0.15) is 0 Å². The molecule has 0 bridgehead atoms. The third-order valence-corrected chi connectivity index (χ3v) is 3.52. The van der Waals surface area contributed by atoms with Gasteiger partial charge in [0.2, 0.25) is 0 Å². The minimum absolute atomic E-state index is 0.00185. The Morgan fingerprint density at radius 2 is 2.27 bits per heavy atom. The highest BCUT2D eigenvalue weighted by molar-refractivity contribution is 9.10. The molecule has 2 rings (SSSR count). The van der Waals surface area contributed by atoms with Crippen LogP contribution in [0.15, 0.2) is 22.7 Å². The molecule has 1 saturated heterocycles. The zero-order valence-corrected chi connectivity index (χ0v) is 10.1. The highest BCUT2D eigenvalue weighted by Gasteiger charge is 2.26. The average molecular weight is 272 g/mol. The van der Waals surface area contributed by atoms with Crippen molar-refractivity contribution in [3.63, 3.8) is 0 Å². The minimum Gasteiger partial charge on any atom is -0.388 e. The Kier molecular flexibility index (Phi) is 3.29. The molecule has 4 heteroatoms. The second-order valence-corrected chi connectivity index (χ2v) is 4.62. The summed E-state index contributed by atoms with van der Waals surface area (Å²) in [6.45, 7) is 3.02. The zero-order chi connectivity index (χ0) is 10.8. The van der Waals surface area contributed by atoms with E-state index in [1.54, 1.807) is 0 Å². The molecule has 0 radical (unpaired) electrons. The van der Waals surface area contributed by atoms with E-state index in [4.69, 9.17) is 4.74 Å². The van der Waals surface area contributed by atoms with E-state index in [-0.39, 0.29) is 6.04 Å². The van der Waals surface area contributed by atoms with Crippen molar-refractivity contribution in [2.75, 3.05) is 18.5 Å². The molecule has 15 heavy (non-hydrogen) atoms. The quantitative estimate of drug-likeness (QED) is 0.864. The van der Waals surface area contributed by atoms with Gasteiger partial charge in [0.05, 0.1) is 25.4 Å². The molecule has 2 atom stereocenters. The molecule has 3 nitrogen and oxygen atoms in total. The van der Waals surface area contributed by atoms with E-state index in [1.807, 2.05) is 25.1 Å². The molecule has 1 aromatic carbocycles. The maximum atomic E-state index is 9.61. The maximum absolute atomic E-state index is 9.61. The van der Waals surface area contributed by atoms with Crippen LogP contribution in [0.4, 0.5) is 5.69 Å². The van der Waals surface area contributed by atoms with Gasteiger partial charge in [-0.25, -0.2) is 0 Å².